The van der Waals surface area contributed by atoms with Crippen LogP contribution < -0.4 is 14.8 Å². The molecule has 1 N–H and O–H groups in total. The van der Waals surface area contributed by atoms with E-state index in [1.54, 1.807) is 26.4 Å². The smallest absolute Gasteiger partial charge is 0.175 e. The molecule has 0 fully saturated rings. The van der Waals surface area contributed by atoms with Crippen LogP contribution in [0.25, 0.3) is 0 Å². The van der Waals surface area contributed by atoms with Crippen LogP contribution in [0.1, 0.15) is 62.1 Å². The molecule has 7 heteroatoms. The Balaban J connectivity index is 1.34. The van der Waals surface area contributed by atoms with Gasteiger partial charge in [-0.1, -0.05) is 38.0 Å². The second-order valence-corrected chi connectivity index (χ2v) is 12.2. The van der Waals surface area contributed by atoms with E-state index in [1.807, 2.05) is 18.2 Å². The molecule has 0 spiro atoms. The number of rotatable bonds is 16. The van der Waals surface area contributed by atoms with Crippen LogP contribution in [0, 0.1) is 0 Å². The van der Waals surface area contributed by atoms with Crippen molar-refractivity contribution >= 4 is 9.84 Å². The first-order valence-corrected chi connectivity index (χ1v) is 15.7. The van der Waals surface area contributed by atoms with E-state index in [-0.39, 0.29) is 0 Å². The molecule has 1 aliphatic carbocycles. The Morgan fingerprint density at radius 2 is 1.81 bits per heavy atom. The average molecular weight is 531 g/mol. The molecule has 1 unspecified atom stereocenters. The Hall–Kier alpha value is -2.09. The standard InChI is InChI=1S/C30H46N2O4S/c1-5-20-32(26-14-15-28-25(23-26)13-16-29(35-2)30(28)36-3)21-9-7-6-8-18-31-19-17-24-11-10-12-27(22-24)37(4,33)34/h10-13,16,22,26,31H,5-9,14-15,17-21,23H2,1-4H3. The lowest BCUT2D eigenvalue weighted by Gasteiger charge is -2.36. The summed E-state index contributed by atoms with van der Waals surface area (Å²) < 4.78 is 34.6. The van der Waals surface area contributed by atoms with Crippen LogP contribution in [0.2, 0.25) is 0 Å². The third-order valence-corrected chi connectivity index (χ3v) is 8.53. The number of nitrogens with one attached hydrogen (secondary N) is 1. The topological polar surface area (TPSA) is 67.9 Å². The van der Waals surface area contributed by atoms with E-state index in [0.717, 1.165) is 56.0 Å². The van der Waals surface area contributed by atoms with Crippen LogP contribution in [-0.4, -0.2) is 66.0 Å². The molecule has 206 valence electrons. The van der Waals surface area contributed by atoms with Crippen molar-refractivity contribution in [3.8, 4) is 11.5 Å². The van der Waals surface area contributed by atoms with Crippen molar-refractivity contribution in [3.05, 3.63) is 53.1 Å². The summed E-state index contributed by atoms with van der Waals surface area (Å²) >= 11 is 0. The normalized spacial score (nSPS) is 15.5. The number of benzene rings is 2. The Bertz CT molecular complexity index is 1090. The lowest BCUT2D eigenvalue weighted by atomic mass is 9.86. The monoisotopic (exact) mass is 530 g/mol. The number of hydrogen-bond donors (Lipinski definition) is 1. The maximum Gasteiger partial charge on any atom is 0.175 e. The van der Waals surface area contributed by atoms with E-state index >= 15 is 0 Å². The van der Waals surface area contributed by atoms with Gasteiger partial charge >= 0.3 is 0 Å². The quantitative estimate of drug-likeness (QED) is 0.306. The first kappa shape index (κ1) is 29.5. The zero-order valence-electron chi connectivity index (χ0n) is 23.2. The first-order valence-electron chi connectivity index (χ1n) is 13.8. The minimum absolute atomic E-state index is 0.402. The largest absolute Gasteiger partial charge is 0.493 e. The molecule has 0 heterocycles. The van der Waals surface area contributed by atoms with Gasteiger partial charge in [-0.2, -0.15) is 0 Å². The summed E-state index contributed by atoms with van der Waals surface area (Å²) in [6.07, 6.45) is 11.5. The Morgan fingerprint density at radius 3 is 2.54 bits per heavy atom. The number of fused-ring (bicyclic) bond motifs is 1. The Kier molecular flexibility index (Phi) is 11.7. The molecular formula is C30H46N2O4S. The summed E-state index contributed by atoms with van der Waals surface area (Å²) in [6.45, 7) is 6.49. The highest BCUT2D eigenvalue weighted by atomic mass is 32.2. The highest BCUT2D eigenvalue weighted by molar-refractivity contribution is 7.90. The summed E-state index contributed by atoms with van der Waals surface area (Å²) in [5.41, 5.74) is 3.80. The second-order valence-electron chi connectivity index (χ2n) is 10.2. The van der Waals surface area contributed by atoms with E-state index in [0.29, 0.717) is 10.9 Å². The molecule has 2 aromatic carbocycles. The van der Waals surface area contributed by atoms with Gasteiger partial charge in [0, 0.05) is 17.9 Å². The second kappa shape index (κ2) is 14.7. The minimum atomic E-state index is -3.14. The SMILES string of the molecule is CCCN(CCCCCCNCCc1cccc(S(C)(=O)=O)c1)C1CCc2c(ccc(OC)c2OC)C1. The van der Waals surface area contributed by atoms with E-state index < -0.39 is 9.84 Å². The van der Waals surface area contributed by atoms with E-state index in [4.69, 9.17) is 9.47 Å². The van der Waals surface area contributed by atoms with Crippen LogP contribution in [-0.2, 0) is 29.1 Å². The van der Waals surface area contributed by atoms with Gasteiger partial charge in [-0.25, -0.2) is 8.42 Å². The molecule has 0 amide bonds. The van der Waals surface area contributed by atoms with Crippen molar-refractivity contribution in [2.75, 3.05) is 46.7 Å². The van der Waals surface area contributed by atoms with Crippen molar-refractivity contribution in [2.24, 2.45) is 0 Å². The zero-order valence-corrected chi connectivity index (χ0v) is 24.0. The maximum atomic E-state index is 11.7. The average Bonchev–Trinajstić information content (AvgIpc) is 2.90. The van der Waals surface area contributed by atoms with Crippen molar-refractivity contribution < 1.29 is 17.9 Å². The van der Waals surface area contributed by atoms with Crippen molar-refractivity contribution in [2.45, 2.75) is 75.6 Å². The van der Waals surface area contributed by atoms with Gasteiger partial charge in [0.25, 0.3) is 0 Å². The van der Waals surface area contributed by atoms with Crippen molar-refractivity contribution in [1.29, 1.82) is 0 Å². The summed E-state index contributed by atoms with van der Waals surface area (Å²) in [4.78, 5) is 3.11. The van der Waals surface area contributed by atoms with Gasteiger partial charge < -0.3 is 19.7 Å². The molecule has 0 radical (unpaired) electrons. The predicted molar refractivity (Wildman–Crippen MR) is 152 cm³/mol. The van der Waals surface area contributed by atoms with Crippen LogP contribution in [0.3, 0.4) is 0 Å². The van der Waals surface area contributed by atoms with Gasteiger partial charge in [0.2, 0.25) is 0 Å². The molecule has 0 bridgehead atoms. The fraction of sp³-hybridized carbons (Fsp3) is 0.600. The van der Waals surface area contributed by atoms with Gasteiger partial charge in [0.05, 0.1) is 19.1 Å². The number of ether oxygens (including phenoxy) is 2. The van der Waals surface area contributed by atoms with Crippen LogP contribution >= 0.6 is 0 Å². The summed E-state index contributed by atoms with van der Waals surface area (Å²) in [6, 6.07) is 12.2. The van der Waals surface area contributed by atoms with E-state index in [9.17, 15) is 8.42 Å². The van der Waals surface area contributed by atoms with E-state index in [1.165, 1.54) is 62.5 Å². The molecule has 3 rings (SSSR count). The fourth-order valence-electron chi connectivity index (χ4n) is 5.45. The van der Waals surface area contributed by atoms with Crippen molar-refractivity contribution in [3.63, 3.8) is 0 Å². The highest BCUT2D eigenvalue weighted by Crippen LogP contribution is 2.38. The molecule has 0 saturated carbocycles. The molecule has 0 aromatic heterocycles. The summed E-state index contributed by atoms with van der Waals surface area (Å²) in [5, 5.41) is 3.51. The third kappa shape index (κ3) is 8.72. The van der Waals surface area contributed by atoms with Crippen LogP contribution in [0.5, 0.6) is 11.5 Å². The summed E-state index contributed by atoms with van der Waals surface area (Å²) in [5.74, 6) is 1.75. The number of nitrogens with zero attached hydrogens (tertiary/aromatic N) is 1. The van der Waals surface area contributed by atoms with Crippen LogP contribution in [0.4, 0.5) is 0 Å². The molecule has 6 nitrogen and oxygen atoms in total. The van der Waals surface area contributed by atoms with Crippen LogP contribution in [0.15, 0.2) is 41.3 Å². The lowest BCUT2D eigenvalue weighted by molar-refractivity contribution is 0.175. The molecule has 37 heavy (non-hydrogen) atoms. The van der Waals surface area contributed by atoms with Gasteiger partial charge in [0.15, 0.2) is 21.3 Å². The van der Waals surface area contributed by atoms with Gasteiger partial charge in [-0.05, 0) is 100 Å². The molecule has 1 atom stereocenters. The lowest BCUT2D eigenvalue weighted by Crippen LogP contribution is -2.40. The van der Waals surface area contributed by atoms with E-state index in [2.05, 4.69) is 23.2 Å². The molecular weight excluding hydrogens is 484 g/mol. The summed E-state index contributed by atoms with van der Waals surface area (Å²) in [7, 11) is 0.302. The number of sulfone groups is 1. The third-order valence-electron chi connectivity index (χ3n) is 7.42. The number of unbranched alkanes of at least 4 members (excludes halogenated alkanes) is 3. The first-order chi connectivity index (χ1) is 17.9. The molecule has 0 saturated heterocycles. The highest BCUT2D eigenvalue weighted by Gasteiger charge is 2.27. The fourth-order valence-corrected chi connectivity index (χ4v) is 6.14. The number of hydrogen-bond acceptors (Lipinski definition) is 6. The molecule has 0 aliphatic heterocycles. The van der Waals surface area contributed by atoms with Crippen molar-refractivity contribution in [1.82, 2.24) is 10.2 Å². The van der Waals surface area contributed by atoms with Gasteiger partial charge in [0.1, 0.15) is 0 Å². The minimum Gasteiger partial charge on any atom is -0.493 e. The molecule has 2 aromatic rings. The molecule has 1 aliphatic rings. The van der Waals surface area contributed by atoms with Gasteiger partial charge in [-0.15, -0.1) is 0 Å². The predicted octanol–water partition coefficient (Wildman–Crippen LogP) is 5.07. The maximum absolute atomic E-state index is 11.7. The van der Waals surface area contributed by atoms with Gasteiger partial charge in [-0.3, -0.25) is 0 Å². The Labute approximate surface area is 224 Å². The Morgan fingerprint density at radius 1 is 1.00 bits per heavy atom. The number of methoxy groups -OCH3 is 2. The zero-order chi connectivity index (χ0) is 26.7.